The van der Waals surface area contributed by atoms with Gasteiger partial charge in [-0.15, -0.1) is 0 Å². The minimum Gasteiger partial charge on any atom is -0.352 e. The first-order valence-corrected chi connectivity index (χ1v) is 6.37. The third kappa shape index (κ3) is 3.30. The lowest BCUT2D eigenvalue weighted by Gasteiger charge is -2.20. The van der Waals surface area contributed by atoms with Gasteiger partial charge in [-0.3, -0.25) is 4.79 Å². The lowest BCUT2D eigenvalue weighted by molar-refractivity contribution is -0.119. The van der Waals surface area contributed by atoms with Gasteiger partial charge >= 0.3 is 0 Å². The SMILES string of the molecule is CCC(NCC1CCC(=O)N1)c1ccccc1. The first kappa shape index (κ1) is 12.1. The summed E-state index contributed by atoms with van der Waals surface area (Å²) < 4.78 is 0. The summed E-state index contributed by atoms with van der Waals surface area (Å²) in [6.07, 6.45) is 2.69. The molecule has 0 aliphatic carbocycles. The van der Waals surface area contributed by atoms with E-state index in [9.17, 15) is 4.79 Å². The topological polar surface area (TPSA) is 41.1 Å². The largest absolute Gasteiger partial charge is 0.352 e. The molecule has 17 heavy (non-hydrogen) atoms. The molecule has 0 bridgehead atoms. The van der Waals surface area contributed by atoms with E-state index in [-0.39, 0.29) is 5.91 Å². The number of amides is 1. The molecule has 2 N–H and O–H groups in total. The number of carbonyl (C=O) groups is 1. The monoisotopic (exact) mass is 232 g/mol. The van der Waals surface area contributed by atoms with E-state index in [0.29, 0.717) is 18.5 Å². The number of benzene rings is 1. The maximum Gasteiger partial charge on any atom is 0.220 e. The molecule has 1 amide bonds. The summed E-state index contributed by atoms with van der Waals surface area (Å²) >= 11 is 0. The minimum atomic E-state index is 0.185. The number of carbonyl (C=O) groups excluding carboxylic acids is 1. The Labute approximate surface area is 103 Å². The molecule has 1 heterocycles. The van der Waals surface area contributed by atoms with E-state index < -0.39 is 0 Å². The average Bonchev–Trinajstić information content (AvgIpc) is 2.77. The molecule has 0 radical (unpaired) electrons. The number of nitrogens with one attached hydrogen (secondary N) is 2. The van der Waals surface area contributed by atoms with Crippen molar-refractivity contribution in [2.75, 3.05) is 6.54 Å². The van der Waals surface area contributed by atoms with Crippen molar-refractivity contribution < 1.29 is 4.79 Å². The molecule has 2 rings (SSSR count). The van der Waals surface area contributed by atoms with Crippen molar-refractivity contribution in [3.05, 3.63) is 35.9 Å². The van der Waals surface area contributed by atoms with Gasteiger partial charge in [0, 0.05) is 25.0 Å². The van der Waals surface area contributed by atoms with Crippen LogP contribution in [0, 0.1) is 0 Å². The molecule has 3 heteroatoms. The van der Waals surface area contributed by atoms with E-state index in [1.54, 1.807) is 0 Å². The molecule has 1 aliphatic rings. The van der Waals surface area contributed by atoms with Crippen molar-refractivity contribution in [3.8, 4) is 0 Å². The van der Waals surface area contributed by atoms with Crippen molar-refractivity contribution in [3.63, 3.8) is 0 Å². The van der Waals surface area contributed by atoms with Gasteiger partial charge in [0.15, 0.2) is 0 Å². The molecule has 0 saturated carbocycles. The molecule has 92 valence electrons. The van der Waals surface area contributed by atoms with E-state index >= 15 is 0 Å². The van der Waals surface area contributed by atoms with Crippen LogP contribution in [0.4, 0.5) is 0 Å². The Morgan fingerprint density at radius 1 is 1.41 bits per heavy atom. The molecule has 3 nitrogen and oxygen atoms in total. The molecule has 0 spiro atoms. The van der Waals surface area contributed by atoms with Crippen molar-refractivity contribution in [1.82, 2.24) is 10.6 Å². The normalized spacial score (nSPS) is 21.2. The van der Waals surface area contributed by atoms with Crippen LogP contribution in [0.3, 0.4) is 0 Å². The highest BCUT2D eigenvalue weighted by molar-refractivity contribution is 5.78. The van der Waals surface area contributed by atoms with E-state index in [4.69, 9.17) is 0 Å². The molecule has 1 fully saturated rings. The highest BCUT2D eigenvalue weighted by atomic mass is 16.1. The zero-order valence-corrected chi connectivity index (χ0v) is 10.3. The zero-order valence-electron chi connectivity index (χ0n) is 10.3. The molecule has 1 saturated heterocycles. The van der Waals surface area contributed by atoms with Gasteiger partial charge in [-0.25, -0.2) is 0 Å². The van der Waals surface area contributed by atoms with Crippen LogP contribution >= 0.6 is 0 Å². The van der Waals surface area contributed by atoms with Crippen molar-refractivity contribution in [2.45, 2.75) is 38.3 Å². The Bertz CT molecular complexity index is 364. The second kappa shape index (κ2) is 5.82. The van der Waals surface area contributed by atoms with Crippen LogP contribution < -0.4 is 10.6 Å². The standard InChI is InChI=1S/C14H20N2O/c1-2-13(11-6-4-3-5-7-11)15-10-12-8-9-14(17)16-12/h3-7,12-13,15H,2,8-10H2,1H3,(H,16,17). The first-order valence-electron chi connectivity index (χ1n) is 6.37. The zero-order chi connectivity index (χ0) is 12.1. The van der Waals surface area contributed by atoms with Crippen LogP contribution in [-0.4, -0.2) is 18.5 Å². The summed E-state index contributed by atoms with van der Waals surface area (Å²) in [4.78, 5) is 11.1. The third-order valence-corrected chi connectivity index (χ3v) is 3.31. The second-order valence-electron chi connectivity index (χ2n) is 4.58. The van der Waals surface area contributed by atoms with Crippen LogP contribution in [-0.2, 0) is 4.79 Å². The number of rotatable bonds is 5. The average molecular weight is 232 g/mol. The summed E-state index contributed by atoms with van der Waals surface area (Å²) in [5.41, 5.74) is 1.32. The fraction of sp³-hybridized carbons (Fsp3) is 0.500. The summed E-state index contributed by atoms with van der Waals surface area (Å²) in [7, 11) is 0. The predicted octanol–water partition coefficient (Wildman–Crippen LogP) is 2.01. The van der Waals surface area contributed by atoms with E-state index in [2.05, 4.69) is 41.8 Å². The predicted molar refractivity (Wildman–Crippen MR) is 68.6 cm³/mol. The van der Waals surface area contributed by atoms with Crippen molar-refractivity contribution in [2.24, 2.45) is 0 Å². The Morgan fingerprint density at radius 2 is 2.18 bits per heavy atom. The van der Waals surface area contributed by atoms with Crippen LogP contribution in [0.25, 0.3) is 0 Å². The minimum absolute atomic E-state index is 0.185. The van der Waals surface area contributed by atoms with E-state index in [1.165, 1.54) is 5.56 Å². The second-order valence-corrected chi connectivity index (χ2v) is 4.58. The van der Waals surface area contributed by atoms with Gasteiger partial charge in [-0.1, -0.05) is 37.3 Å². The number of hydrogen-bond acceptors (Lipinski definition) is 2. The Kier molecular flexibility index (Phi) is 4.15. The Balaban J connectivity index is 1.86. The molecule has 2 unspecified atom stereocenters. The summed E-state index contributed by atoms with van der Waals surface area (Å²) in [6, 6.07) is 11.2. The smallest absolute Gasteiger partial charge is 0.220 e. The Morgan fingerprint density at radius 3 is 2.76 bits per heavy atom. The van der Waals surface area contributed by atoms with Gasteiger partial charge in [0.05, 0.1) is 0 Å². The highest BCUT2D eigenvalue weighted by Crippen LogP contribution is 2.16. The molecular formula is C14H20N2O. The van der Waals surface area contributed by atoms with Gasteiger partial charge in [-0.2, -0.15) is 0 Å². The molecule has 2 atom stereocenters. The van der Waals surface area contributed by atoms with Crippen LogP contribution in [0.15, 0.2) is 30.3 Å². The lowest BCUT2D eigenvalue weighted by atomic mass is 10.0. The first-order chi connectivity index (χ1) is 8.29. The van der Waals surface area contributed by atoms with Gasteiger partial charge in [0.1, 0.15) is 0 Å². The summed E-state index contributed by atoms with van der Waals surface area (Å²) in [6.45, 7) is 3.04. The fourth-order valence-electron chi connectivity index (χ4n) is 2.30. The maximum atomic E-state index is 11.1. The fourth-order valence-corrected chi connectivity index (χ4v) is 2.30. The molecule has 1 aliphatic heterocycles. The summed E-state index contributed by atoms with van der Waals surface area (Å²) in [5.74, 6) is 0.185. The van der Waals surface area contributed by atoms with E-state index in [0.717, 1.165) is 19.4 Å². The van der Waals surface area contributed by atoms with Crippen LogP contribution in [0.1, 0.15) is 37.8 Å². The van der Waals surface area contributed by atoms with Crippen molar-refractivity contribution >= 4 is 5.91 Å². The third-order valence-electron chi connectivity index (χ3n) is 3.31. The van der Waals surface area contributed by atoms with E-state index in [1.807, 2.05) is 6.07 Å². The summed E-state index contributed by atoms with van der Waals surface area (Å²) in [5, 5.41) is 6.52. The van der Waals surface area contributed by atoms with Crippen LogP contribution in [0.2, 0.25) is 0 Å². The number of hydrogen-bond donors (Lipinski definition) is 2. The van der Waals surface area contributed by atoms with Gasteiger partial charge in [0.2, 0.25) is 5.91 Å². The van der Waals surface area contributed by atoms with Gasteiger partial charge in [0.25, 0.3) is 0 Å². The van der Waals surface area contributed by atoms with Gasteiger partial charge < -0.3 is 10.6 Å². The highest BCUT2D eigenvalue weighted by Gasteiger charge is 2.21. The van der Waals surface area contributed by atoms with Gasteiger partial charge in [-0.05, 0) is 18.4 Å². The molecule has 1 aromatic rings. The van der Waals surface area contributed by atoms with Crippen LogP contribution in [0.5, 0.6) is 0 Å². The molecular weight excluding hydrogens is 212 g/mol. The quantitative estimate of drug-likeness (QED) is 0.815. The lowest BCUT2D eigenvalue weighted by Crippen LogP contribution is -2.37. The molecule has 0 aromatic heterocycles. The van der Waals surface area contributed by atoms with Crippen molar-refractivity contribution in [1.29, 1.82) is 0 Å². The maximum absolute atomic E-state index is 11.1. The Hall–Kier alpha value is -1.35. The molecule has 1 aromatic carbocycles.